The monoisotopic (exact) mass is 333 g/mol. The minimum atomic E-state index is -1.08. The molecule has 0 bridgehead atoms. The maximum atomic E-state index is 12.9. The normalized spacial score (nSPS) is 21.6. The van der Waals surface area contributed by atoms with Gasteiger partial charge in [0.05, 0.1) is 12.7 Å². The van der Waals surface area contributed by atoms with E-state index in [-0.39, 0.29) is 18.3 Å². The van der Waals surface area contributed by atoms with Crippen LogP contribution in [-0.4, -0.2) is 51.0 Å². The fourth-order valence-corrected chi connectivity index (χ4v) is 2.95. The van der Waals surface area contributed by atoms with Gasteiger partial charge in [-0.3, -0.25) is 9.69 Å². The molecule has 1 aliphatic rings. The number of nitrogens with zero attached hydrogens (tertiary/aromatic N) is 3. The first-order valence-corrected chi connectivity index (χ1v) is 7.87. The number of aromatic nitrogens is 3. The molecule has 1 aliphatic heterocycles. The first-order valence-electron chi connectivity index (χ1n) is 7.87. The van der Waals surface area contributed by atoms with E-state index in [2.05, 4.69) is 20.7 Å². The van der Waals surface area contributed by atoms with Crippen molar-refractivity contribution < 1.29 is 14.3 Å². The van der Waals surface area contributed by atoms with E-state index in [4.69, 9.17) is 0 Å². The minimum absolute atomic E-state index is 0.135. The van der Waals surface area contributed by atoms with E-state index < -0.39 is 5.60 Å². The molecule has 0 unspecified atom stereocenters. The summed E-state index contributed by atoms with van der Waals surface area (Å²) < 4.78 is 12.9. The van der Waals surface area contributed by atoms with Crippen LogP contribution in [0.5, 0.6) is 0 Å². The quantitative estimate of drug-likeness (QED) is 0.743. The van der Waals surface area contributed by atoms with Crippen molar-refractivity contribution in [3.05, 3.63) is 47.5 Å². The van der Waals surface area contributed by atoms with E-state index in [1.807, 2.05) is 4.90 Å². The number of nitrogens with one attached hydrogen (secondary N) is 2. The topological polar surface area (TPSA) is 94.1 Å². The smallest absolute Gasteiger partial charge is 0.234 e. The second-order valence-electron chi connectivity index (χ2n) is 6.10. The van der Waals surface area contributed by atoms with Gasteiger partial charge in [0.25, 0.3) is 0 Å². The third-order valence-electron chi connectivity index (χ3n) is 4.21. The van der Waals surface area contributed by atoms with Gasteiger partial charge in [0.1, 0.15) is 17.1 Å². The summed E-state index contributed by atoms with van der Waals surface area (Å²) in [7, 11) is 0. The van der Waals surface area contributed by atoms with Gasteiger partial charge in [0, 0.05) is 13.1 Å². The molecule has 2 aromatic rings. The van der Waals surface area contributed by atoms with Gasteiger partial charge in [0.2, 0.25) is 5.91 Å². The highest BCUT2D eigenvalue weighted by Crippen LogP contribution is 2.29. The summed E-state index contributed by atoms with van der Waals surface area (Å²) in [5.41, 5.74) is 0.254. The molecule has 0 aliphatic carbocycles. The highest BCUT2D eigenvalue weighted by molar-refractivity contribution is 5.78. The van der Waals surface area contributed by atoms with Crippen LogP contribution in [0.25, 0.3) is 0 Å². The number of likely N-dealkylation sites (tertiary alicyclic amines) is 1. The highest BCUT2D eigenvalue weighted by Gasteiger charge is 2.37. The number of aromatic amines is 1. The minimum Gasteiger partial charge on any atom is -0.382 e. The maximum absolute atomic E-state index is 12.9. The van der Waals surface area contributed by atoms with Gasteiger partial charge >= 0.3 is 0 Å². The molecule has 1 saturated heterocycles. The molecule has 2 heterocycles. The van der Waals surface area contributed by atoms with E-state index in [1.54, 1.807) is 12.1 Å². The van der Waals surface area contributed by atoms with Crippen molar-refractivity contribution in [1.82, 2.24) is 25.6 Å². The van der Waals surface area contributed by atoms with E-state index in [0.717, 1.165) is 18.5 Å². The van der Waals surface area contributed by atoms with Crippen molar-refractivity contribution >= 4 is 5.91 Å². The Morgan fingerprint density at radius 1 is 1.42 bits per heavy atom. The second-order valence-corrected chi connectivity index (χ2v) is 6.10. The SMILES string of the molecule is O=C(CN1CCC[C@@](O)(c2cn[nH]n2)C1)NCc1ccc(F)cc1. The van der Waals surface area contributed by atoms with E-state index in [0.29, 0.717) is 25.2 Å². The summed E-state index contributed by atoms with van der Waals surface area (Å²) in [5.74, 6) is -0.436. The molecule has 8 heteroatoms. The summed E-state index contributed by atoms with van der Waals surface area (Å²) in [5, 5.41) is 23.7. The van der Waals surface area contributed by atoms with Gasteiger partial charge in [-0.15, -0.1) is 0 Å². The molecule has 128 valence electrons. The molecule has 1 amide bonds. The number of carbonyl (C=O) groups excluding carboxylic acids is 1. The Bertz CT molecular complexity index is 676. The Labute approximate surface area is 138 Å². The van der Waals surface area contributed by atoms with Crippen LogP contribution in [0.15, 0.2) is 30.5 Å². The predicted octanol–water partition coefficient (Wildman–Crippen LogP) is 0.544. The van der Waals surface area contributed by atoms with Crippen molar-refractivity contribution in [2.45, 2.75) is 25.0 Å². The molecule has 3 rings (SSSR count). The van der Waals surface area contributed by atoms with E-state index in [9.17, 15) is 14.3 Å². The number of halogens is 1. The van der Waals surface area contributed by atoms with Crippen molar-refractivity contribution in [2.75, 3.05) is 19.6 Å². The summed E-state index contributed by atoms with van der Waals surface area (Å²) in [4.78, 5) is 14.0. The van der Waals surface area contributed by atoms with Crippen molar-refractivity contribution in [2.24, 2.45) is 0 Å². The van der Waals surface area contributed by atoms with Gasteiger partial charge < -0.3 is 10.4 Å². The lowest BCUT2D eigenvalue weighted by molar-refractivity contribution is -0.124. The van der Waals surface area contributed by atoms with Gasteiger partial charge in [0.15, 0.2) is 0 Å². The summed E-state index contributed by atoms with van der Waals surface area (Å²) in [6.45, 7) is 1.62. The number of β-amino-alcohol motifs (C(OH)–C–C–N with tert-alkyl or cyclic N) is 1. The van der Waals surface area contributed by atoms with Gasteiger partial charge in [-0.05, 0) is 37.1 Å². The maximum Gasteiger partial charge on any atom is 0.234 e. The zero-order chi connectivity index (χ0) is 17.0. The molecule has 0 spiro atoms. The molecule has 24 heavy (non-hydrogen) atoms. The molecule has 3 N–H and O–H groups in total. The number of hydrogen-bond donors (Lipinski definition) is 3. The van der Waals surface area contributed by atoms with Gasteiger partial charge in [-0.2, -0.15) is 15.4 Å². The van der Waals surface area contributed by atoms with Crippen LogP contribution in [0.4, 0.5) is 4.39 Å². The molecule has 1 aromatic carbocycles. The third kappa shape index (κ3) is 3.95. The van der Waals surface area contributed by atoms with Gasteiger partial charge in [-0.1, -0.05) is 12.1 Å². The fraction of sp³-hybridized carbons (Fsp3) is 0.438. The zero-order valence-corrected chi connectivity index (χ0v) is 13.2. The van der Waals surface area contributed by atoms with Crippen molar-refractivity contribution in [1.29, 1.82) is 0 Å². The van der Waals surface area contributed by atoms with E-state index >= 15 is 0 Å². The van der Waals surface area contributed by atoms with Gasteiger partial charge in [-0.25, -0.2) is 4.39 Å². The van der Waals surface area contributed by atoms with Crippen LogP contribution >= 0.6 is 0 Å². The van der Waals surface area contributed by atoms with Crippen LogP contribution in [0.1, 0.15) is 24.1 Å². The average molecular weight is 333 g/mol. The summed E-state index contributed by atoms with van der Waals surface area (Å²) >= 11 is 0. The number of rotatable bonds is 5. The Hall–Kier alpha value is -2.32. The van der Waals surface area contributed by atoms with Crippen molar-refractivity contribution in [3.63, 3.8) is 0 Å². The number of carbonyl (C=O) groups is 1. The van der Waals surface area contributed by atoms with Crippen LogP contribution in [0.3, 0.4) is 0 Å². The molecule has 1 fully saturated rings. The number of piperidine rings is 1. The van der Waals surface area contributed by atoms with Crippen LogP contribution < -0.4 is 5.32 Å². The lowest BCUT2D eigenvalue weighted by Crippen LogP contribution is -2.49. The molecule has 1 atom stereocenters. The molecular weight excluding hydrogens is 313 g/mol. The zero-order valence-electron chi connectivity index (χ0n) is 13.2. The first-order chi connectivity index (χ1) is 11.5. The van der Waals surface area contributed by atoms with Crippen LogP contribution in [0, 0.1) is 5.82 Å². The Balaban J connectivity index is 1.51. The van der Waals surface area contributed by atoms with Crippen LogP contribution in [-0.2, 0) is 16.9 Å². The molecule has 0 saturated carbocycles. The molecular formula is C16H20FN5O2. The standard InChI is InChI=1S/C16H20FN5O2/c17-13-4-2-12(3-5-13)8-18-15(23)10-22-7-1-6-16(24,11-22)14-9-19-21-20-14/h2-5,9,24H,1,6-8,10-11H2,(H,18,23)(H,19,20,21)/t16-/m0/s1. The summed E-state index contributed by atoms with van der Waals surface area (Å²) in [6.07, 6.45) is 2.87. The molecule has 1 aromatic heterocycles. The number of benzene rings is 1. The molecule has 0 radical (unpaired) electrons. The lowest BCUT2D eigenvalue weighted by atomic mass is 9.90. The second kappa shape index (κ2) is 7.06. The fourth-order valence-electron chi connectivity index (χ4n) is 2.95. The average Bonchev–Trinajstić information content (AvgIpc) is 3.10. The largest absolute Gasteiger partial charge is 0.382 e. The Kier molecular flexibility index (Phi) is 4.86. The number of amides is 1. The highest BCUT2D eigenvalue weighted by atomic mass is 19.1. The number of aliphatic hydroxyl groups is 1. The number of H-pyrrole nitrogens is 1. The summed E-state index contributed by atoms with van der Waals surface area (Å²) in [6, 6.07) is 6.01. The predicted molar refractivity (Wildman–Crippen MR) is 84.2 cm³/mol. The molecule has 7 nitrogen and oxygen atoms in total. The lowest BCUT2D eigenvalue weighted by Gasteiger charge is -2.37. The van der Waals surface area contributed by atoms with E-state index in [1.165, 1.54) is 18.3 Å². The Morgan fingerprint density at radius 3 is 2.92 bits per heavy atom. The Morgan fingerprint density at radius 2 is 2.21 bits per heavy atom. The van der Waals surface area contributed by atoms with Crippen molar-refractivity contribution in [3.8, 4) is 0 Å². The third-order valence-corrected chi connectivity index (χ3v) is 4.21. The van der Waals surface area contributed by atoms with Crippen LogP contribution in [0.2, 0.25) is 0 Å². The first kappa shape index (κ1) is 16.5. The number of hydrogen-bond acceptors (Lipinski definition) is 5.